The quantitative estimate of drug-likeness (QED) is 0.305. The average molecular weight is 571 g/mol. The first-order valence-electron chi connectivity index (χ1n) is 13.1. The smallest absolute Gasteiger partial charge is 0.223 e. The minimum absolute atomic E-state index is 0.0197. The van der Waals surface area contributed by atoms with E-state index >= 15 is 0 Å². The molecule has 1 atom stereocenters. The Balaban J connectivity index is 1.34. The Bertz CT molecular complexity index is 1800. The van der Waals surface area contributed by atoms with E-state index in [1.54, 1.807) is 24.0 Å². The van der Waals surface area contributed by atoms with E-state index in [0.717, 1.165) is 22.5 Å². The number of anilines is 2. The summed E-state index contributed by atoms with van der Waals surface area (Å²) in [6, 6.07) is 7.66. The molecule has 41 heavy (non-hydrogen) atoms. The number of benzene rings is 1. The third kappa shape index (κ3) is 4.46. The van der Waals surface area contributed by atoms with Crippen LogP contribution in [0.4, 0.5) is 11.5 Å². The van der Waals surface area contributed by atoms with Crippen LogP contribution in [0.25, 0.3) is 22.6 Å². The molecule has 0 spiro atoms. The maximum atomic E-state index is 10.1. The van der Waals surface area contributed by atoms with Crippen molar-refractivity contribution in [2.24, 2.45) is 7.05 Å². The van der Waals surface area contributed by atoms with Gasteiger partial charge in [-0.15, -0.1) is 10.2 Å². The summed E-state index contributed by atoms with van der Waals surface area (Å²) in [5.74, 6) is 1.51. The van der Waals surface area contributed by atoms with Crippen LogP contribution in [-0.4, -0.2) is 64.6 Å². The molecule has 14 heteroatoms. The summed E-state index contributed by atoms with van der Waals surface area (Å²) in [6.07, 6.45) is 3.22. The molecule has 0 radical (unpaired) electrons. The monoisotopic (exact) mass is 570 g/mol. The normalized spacial score (nSPS) is 14.2. The van der Waals surface area contributed by atoms with E-state index in [1.165, 1.54) is 11.1 Å². The van der Waals surface area contributed by atoms with E-state index in [-0.39, 0.29) is 12.0 Å². The van der Waals surface area contributed by atoms with E-state index < -0.39 is 0 Å². The van der Waals surface area contributed by atoms with Crippen LogP contribution in [0.3, 0.4) is 0 Å². The Morgan fingerprint density at radius 2 is 2.02 bits per heavy atom. The molecule has 1 aromatic carbocycles. The lowest BCUT2D eigenvalue weighted by molar-refractivity contribution is 0.323. The van der Waals surface area contributed by atoms with Gasteiger partial charge in [0.15, 0.2) is 5.65 Å². The molecule has 5 heterocycles. The van der Waals surface area contributed by atoms with E-state index in [2.05, 4.69) is 41.3 Å². The maximum Gasteiger partial charge on any atom is 0.223 e. The Labute approximate surface area is 240 Å². The third-order valence-corrected chi connectivity index (χ3v) is 7.65. The van der Waals surface area contributed by atoms with Gasteiger partial charge in [-0.3, -0.25) is 4.98 Å². The van der Waals surface area contributed by atoms with Gasteiger partial charge in [-0.25, -0.2) is 14.6 Å². The maximum absolute atomic E-state index is 10.1. The Hall–Kier alpha value is -4.83. The lowest BCUT2D eigenvalue weighted by atomic mass is 9.84. The molecule has 6 rings (SSSR count). The zero-order chi connectivity index (χ0) is 28.8. The molecule has 0 amide bonds. The van der Waals surface area contributed by atoms with E-state index in [9.17, 15) is 5.26 Å². The summed E-state index contributed by atoms with van der Waals surface area (Å²) in [5.41, 5.74) is 11.1. The standard InChI is InChI=1S/C27H27ClN12O/c1-5-41-24-18(15(3)40-27-22(14(2)35-40)25(30)32-13-33-27)8-20(28)19(9-29)23(24)16-11-39(12-16)17-6-7-21(31-10-17)26-34-37-38(4)36-26/h6-8,10,13,15-16H,5,11-12H2,1-4H3,(H2,30,32,33). The summed E-state index contributed by atoms with van der Waals surface area (Å²) >= 11 is 6.75. The predicted molar refractivity (Wildman–Crippen MR) is 153 cm³/mol. The number of nitriles is 1. The van der Waals surface area contributed by atoms with Gasteiger partial charge in [-0.05, 0) is 44.2 Å². The molecule has 4 aromatic heterocycles. The van der Waals surface area contributed by atoms with Gasteiger partial charge in [-0.2, -0.15) is 15.2 Å². The molecule has 1 aliphatic rings. The molecular formula is C27H27ClN12O. The Morgan fingerprint density at radius 3 is 2.68 bits per heavy atom. The van der Waals surface area contributed by atoms with Crippen LogP contribution in [-0.2, 0) is 7.05 Å². The lowest BCUT2D eigenvalue weighted by Crippen LogP contribution is -2.45. The molecule has 1 aliphatic heterocycles. The number of nitrogens with two attached hydrogens (primary N) is 1. The summed E-state index contributed by atoms with van der Waals surface area (Å²) in [5, 5.41) is 28.0. The first-order valence-corrected chi connectivity index (χ1v) is 13.5. The number of aryl methyl sites for hydroxylation is 2. The van der Waals surface area contributed by atoms with Crippen LogP contribution in [0, 0.1) is 18.3 Å². The fourth-order valence-electron chi connectivity index (χ4n) is 5.33. The van der Waals surface area contributed by atoms with Crippen LogP contribution in [0.1, 0.15) is 48.2 Å². The molecule has 2 N–H and O–H groups in total. The van der Waals surface area contributed by atoms with Crippen molar-refractivity contribution >= 4 is 34.1 Å². The van der Waals surface area contributed by atoms with Crippen molar-refractivity contribution < 1.29 is 4.74 Å². The highest BCUT2D eigenvalue weighted by Crippen LogP contribution is 2.45. The van der Waals surface area contributed by atoms with Gasteiger partial charge in [0.1, 0.15) is 29.7 Å². The minimum atomic E-state index is -0.311. The molecule has 1 unspecified atom stereocenters. The fraction of sp³-hybridized carbons (Fsp3) is 0.333. The zero-order valence-corrected chi connectivity index (χ0v) is 23.7. The zero-order valence-electron chi connectivity index (χ0n) is 22.9. The number of hydrogen-bond acceptors (Lipinski definition) is 11. The number of ether oxygens (including phenoxy) is 1. The summed E-state index contributed by atoms with van der Waals surface area (Å²) in [6.45, 7) is 7.56. The van der Waals surface area contributed by atoms with Crippen LogP contribution in [0.5, 0.6) is 5.75 Å². The number of pyridine rings is 1. The van der Waals surface area contributed by atoms with Gasteiger partial charge < -0.3 is 15.4 Å². The number of nitrogens with zero attached hydrogens (tertiary/aromatic N) is 11. The largest absolute Gasteiger partial charge is 0.493 e. The lowest BCUT2D eigenvalue weighted by Gasteiger charge is -2.42. The first kappa shape index (κ1) is 26.4. The van der Waals surface area contributed by atoms with Crippen molar-refractivity contribution in [3.63, 3.8) is 0 Å². The molecule has 0 saturated carbocycles. The van der Waals surface area contributed by atoms with Crippen LogP contribution in [0.2, 0.25) is 5.02 Å². The van der Waals surface area contributed by atoms with Crippen molar-refractivity contribution in [1.29, 1.82) is 5.26 Å². The van der Waals surface area contributed by atoms with Gasteiger partial charge in [0.25, 0.3) is 0 Å². The van der Waals surface area contributed by atoms with Crippen molar-refractivity contribution in [2.45, 2.75) is 32.7 Å². The number of aromatic nitrogens is 9. The van der Waals surface area contributed by atoms with Gasteiger partial charge in [0.2, 0.25) is 5.82 Å². The highest BCUT2D eigenvalue weighted by atomic mass is 35.5. The number of halogens is 1. The van der Waals surface area contributed by atoms with Gasteiger partial charge in [0, 0.05) is 30.1 Å². The second-order valence-corrected chi connectivity index (χ2v) is 10.3. The molecule has 13 nitrogen and oxygen atoms in total. The summed E-state index contributed by atoms with van der Waals surface area (Å²) in [4.78, 5) is 16.7. The fourth-order valence-corrected chi connectivity index (χ4v) is 5.59. The molecule has 5 aromatic rings. The summed E-state index contributed by atoms with van der Waals surface area (Å²) < 4.78 is 8.06. The van der Waals surface area contributed by atoms with Gasteiger partial charge in [0.05, 0.1) is 53.2 Å². The number of hydrogen-bond donors (Lipinski definition) is 1. The van der Waals surface area contributed by atoms with Gasteiger partial charge in [-0.1, -0.05) is 11.6 Å². The molecule has 1 fully saturated rings. The summed E-state index contributed by atoms with van der Waals surface area (Å²) in [7, 11) is 1.71. The number of nitrogen functional groups attached to an aromatic ring is 1. The highest BCUT2D eigenvalue weighted by molar-refractivity contribution is 6.32. The van der Waals surface area contributed by atoms with Crippen molar-refractivity contribution in [2.75, 3.05) is 30.3 Å². The third-order valence-electron chi connectivity index (χ3n) is 7.35. The van der Waals surface area contributed by atoms with E-state index in [0.29, 0.717) is 64.4 Å². The number of rotatable bonds is 7. The molecule has 1 saturated heterocycles. The van der Waals surface area contributed by atoms with Crippen LogP contribution in [0.15, 0.2) is 30.7 Å². The number of fused-ring (bicyclic) bond motifs is 1. The number of tetrazole rings is 1. The predicted octanol–water partition coefficient (Wildman–Crippen LogP) is 3.44. The first-order chi connectivity index (χ1) is 19.8. The molecular weight excluding hydrogens is 544 g/mol. The Kier molecular flexibility index (Phi) is 6.63. The second kappa shape index (κ2) is 10.3. The average Bonchev–Trinajstić information content (AvgIpc) is 3.53. The van der Waals surface area contributed by atoms with Crippen molar-refractivity contribution in [3.8, 4) is 23.3 Å². The van der Waals surface area contributed by atoms with Crippen molar-refractivity contribution in [1.82, 2.24) is 44.9 Å². The highest BCUT2D eigenvalue weighted by Gasteiger charge is 2.36. The topological polar surface area (TPSA) is 162 Å². The van der Waals surface area contributed by atoms with Crippen LogP contribution < -0.4 is 15.4 Å². The minimum Gasteiger partial charge on any atom is -0.493 e. The van der Waals surface area contributed by atoms with Gasteiger partial charge >= 0.3 is 0 Å². The Morgan fingerprint density at radius 1 is 1.22 bits per heavy atom. The second-order valence-electron chi connectivity index (χ2n) is 9.88. The molecule has 0 aliphatic carbocycles. The van der Waals surface area contributed by atoms with E-state index in [1.807, 2.05) is 32.9 Å². The molecule has 0 bridgehead atoms. The van der Waals surface area contributed by atoms with Crippen LogP contribution >= 0.6 is 11.6 Å². The van der Waals surface area contributed by atoms with E-state index in [4.69, 9.17) is 27.2 Å². The molecule has 208 valence electrons. The SMILES string of the molecule is CCOc1c(C(C)n2nc(C)c3c(N)ncnc32)cc(Cl)c(C#N)c1C1CN(c2ccc(-c3nnn(C)n3)nc2)C1. The van der Waals surface area contributed by atoms with Crippen molar-refractivity contribution in [3.05, 3.63) is 58.1 Å².